The molecular weight excluding hydrogens is 404 g/mol. The van der Waals surface area contributed by atoms with Crippen molar-refractivity contribution < 1.29 is 14.3 Å². The third-order valence-electron chi connectivity index (χ3n) is 4.41. The second-order valence-electron chi connectivity index (χ2n) is 6.43. The average Bonchev–Trinajstić information content (AvgIpc) is 3.17. The van der Waals surface area contributed by atoms with Crippen LogP contribution in [-0.4, -0.2) is 34.6 Å². The predicted molar refractivity (Wildman–Crippen MR) is 116 cm³/mol. The molecule has 1 aromatic heterocycles. The van der Waals surface area contributed by atoms with E-state index in [0.717, 1.165) is 0 Å². The first kappa shape index (κ1) is 19.7. The zero-order valence-corrected chi connectivity index (χ0v) is 17.2. The molecule has 0 spiro atoms. The number of anilines is 1. The highest BCUT2D eigenvalue weighted by molar-refractivity contribution is 6.32. The monoisotopic (exact) mass is 422 g/mol. The fraction of sp³-hybridized carbons (Fsp3) is 0.136. The maximum atomic E-state index is 12.6. The van der Waals surface area contributed by atoms with Crippen molar-refractivity contribution in [2.75, 3.05) is 19.0 Å². The van der Waals surface area contributed by atoms with Gasteiger partial charge in [-0.15, -0.1) is 10.2 Å². The Morgan fingerprint density at radius 1 is 1.07 bits per heavy atom. The molecule has 152 valence electrons. The summed E-state index contributed by atoms with van der Waals surface area (Å²) < 4.78 is 10.6. The number of benzene rings is 3. The molecule has 1 heterocycles. The lowest BCUT2D eigenvalue weighted by molar-refractivity contribution is 0.102. The summed E-state index contributed by atoms with van der Waals surface area (Å²) in [5.41, 5.74) is 3.17. The standard InChI is InChI=1S/C22H19ClN4O3/c1-3-30-17-6-4-5-14(11-17)22(28)24-15-7-9-19-20(12-15)26-27(25-19)16-8-10-21(29-2)18(23)13-16/h4-13H,3H2,1-2H3,(H,24,28). The molecule has 4 aromatic rings. The fourth-order valence-electron chi connectivity index (χ4n) is 2.98. The molecule has 0 saturated heterocycles. The van der Waals surface area contributed by atoms with Crippen LogP contribution in [-0.2, 0) is 0 Å². The third kappa shape index (κ3) is 4.06. The van der Waals surface area contributed by atoms with Gasteiger partial charge in [0.15, 0.2) is 0 Å². The van der Waals surface area contributed by atoms with Crippen molar-refractivity contribution in [2.45, 2.75) is 6.92 Å². The minimum absolute atomic E-state index is 0.231. The van der Waals surface area contributed by atoms with E-state index in [1.54, 1.807) is 55.6 Å². The van der Waals surface area contributed by atoms with Gasteiger partial charge in [-0.3, -0.25) is 4.79 Å². The van der Waals surface area contributed by atoms with Crippen molar-refractivity contribution in [3.63, 3.8) is 0 Å². The lowest BCUT2D eigenvalue weighted by Crippen LogP contribution is -2.11. The zero-order valence-electron chi connectivity index (χ0n) is 16.4. The van der Waals surface area contributed by atoms with Crippen LogP contribution in [0.15, 0.2) is 60.7 Å². The van der Waals surface area contributed by atoms with Gasteiger partial charge >= 0.3 is 0 Å². The topological polar surface area (TPSA) is 78.3 Å². The number of hydrogen-bond acceptors (Lipinski definition) is 5. The highest BCUT2D eigenvalue weighted by Gasteiger charge is 2.11. The molecule has 0 fully saturated rings. The van der Waals surface area contributed by atoms with Gasteiger partial charge in [-0.05, 0) is 61.5 Å². The van der Waals surface area contributed by atoms with Gasteiger partial charge in [-0.25, -0.2) is 0 Å². The predicted octanol–water partition coefficient (Wildman–Crippen LogP) is 4.73. The van der Waals surface area contributed by atoms with E-state index in [1.807, 2.05) is 19.1 Å². The molecule has 0 saturated carbocycles. The van der Waals surface area contributed by atoms with Crippen molar-refractivity contribution in [3.05, 3.63) is 71.2 Å². The van der Waals surface area contributed by atoms with Gasteiger partial charge in [-0.1, -0.05) is 17.7 Å². The first-order valence-corrected chi connectivity index (χ1v) is 9.70. The van der Waals surface area contributed by atoms with Crippen molar-refractivity contribution in [2.24, 2.45) is 0 Å². The van der Waals surface area contributed by atoms with Gasteiger partial charge in [0.2, 0.25) is 0 Å². The molecule has 3 aromatic carbocycles. The molecule has 0 aliphatic rings. The maximum Gasteiger partial charge on any atom is 0.255 e. The lowest BCUT2D eigenvalue weighted by atomic mass is 10.2. The first-order chi connectivity index (χ1) is 14.6. The Hall–Kier alpha value is -3.58. The van der Waals surface area contributed by atoms with Gasteiger partial charge in [0.25, 0.3) is 5.91 Å². The molecule has 1 N–H and O–H groups in total. The van der Waals surface area contributed by atoms with E-state index < -0.39 is 0 Å². The number of amides is 1. The molecule has 0 aliphatic carbocycles. The number of hydrogen-bond donors (Lipinski definition) is 1. The summed E-state index contributed by atoms with van der Waals surface area (Å²) in [4.78, 5) is 14.1. The molecule has 1 amide bonds. The van der Waals surface area contributed by atoms with Crippen LogP contribution in [0, 0.1) is 0 Å². The molecule has 0 atom stereocenters. The highest BCUT2D eigenvalue weighted by Crippen LogP contribution is 2.27. The fourth-order valence-corrected chi connectivity index (χ4v) is 3.24. The van der Waals surface area contributed by atoms with Gasteiger partial charge in [-0.2, -0.15) is 4.80 Å². The van der Waals surface area contributed by atoms with E-state index in [1.165, 1.54) is 4.80 Å². The van der Waals surface area contributed by atoms with Crippen LogP contribution >= 0.6 is 11.6 Å². The summed E-state index contributed by atoms with van der Waals surface area (Å²) in [6, 6.07) is 17.7. The van der Waals surface area contributed by atoms with Crippen LogP contribution in [0.1, 0.15) is 17.3 Å². The number of halogens is 1. The molecule has 4 rings (SSSR count). The van der Waals surface area contributed by atoms with Crippen molar-refractivity contribution in [1.82, 2.24) is 15.0 Å². The Kier molecular flexibility index (Phi) is 5.54. The Morgan fingerprint density at radius 3 is 2.67 bits per heavy atom. The number of aromatic nitrogens is 3. The van der Waals surface area contributed by atoms with Crippen LogP contribution in [0.25, 0.3) is 16.7 Å². The zero-order chi connectivity index (χ0) is 21.1. The van der Waals surface area contributed by atoms with Crippen LogP contribution in [0.2, 0.25) is 5.02 Å². The number of carbonyl (C=O) groups is 1. The second-order valence-corrected chi connectivity index (χ2v) is 6.83. The summed E-state index contributed by atoms with van der Waals surface area (Å²) in [6.07, 6.45) is 0. The number of methoxy groups -OCH3 is 1. The van der Waals surface area contributed by atoms with Gasteiger partial charge in [0.1, 0.15) is 22.5 Å². The van der Waals surface area contributed by atoms with Crippen LogP contribution < -0.4 is 14.8 Å². The molecule has 8 heteroatoms. The number of nitrogens with zero attached hydrogens (tertiary/aromatic N) is 3. The number of fused-ring (bicyclic) bond motifs is 1. The number of carbonyl (C=O) groups excluding carboxylic acids is 1. The van der Waals surface area contributed by atoms with Gasteiger partial charge in [0, 0.05) is 11.3 Å². The quantitative estimate of drug-likeness (QED) is 0.485. The number of rotatable bonds is 6. The smallest absolute Gasteiger partial charge is 0.255 e. The van der Waals surface area contributed by atoms with Gasteiger partial charge in [0.05, 0.1) is 24.4 Å². The molecule has 0 aliphatic heterocycles. The second kappa shape index (κ2) is 8.42. The van der Waals surface area contributed by atoms with E-state index in [2.05, 4.69) is 15.5 Å². The Morgan fingerprint density at radius 2 is 1.90 bits per heavy atom. The minimum atomic E-state index is -0.231. The average molecular weight is 423 g/mol. The number of nitrogens with one attached hydrogen (secondary N) is 1. The summed E-state index contributed by atoms with van der Waals surface area (Å²) in [6.45, 7) is 2.44. The molecule has 7 nitrogen and oxygen atoms in total. The molecule has 0 radical (unpaired) electrons. The first-order valence-electron chi connectivity index (χ1n) is 9.32. The normalized spacial score (nSPS) is 10.8. The minimum Gasteiger partial charge on any atom is -0.495 e. The summed E-state index contributed by atoms with van der Waals surface area (Å²) in [7, 11) is 1.56. The summed E-state index contributed by atoms with van der Waals surface area (Å²) >= 11 is 6.20. The van der Waals surface area contributed by atoms with Crippen LogP contribution in [0.3, 0.4) is 0 Å². The molecule has 0 unspecified atom stereocenters. The van der Waals surface area contributed by atoms with Crippen molar-refractivity contribution in [1.29, 1.82) is 0 Å². The Labute approximate surface area is 178 Å². The lowest BCUT2D eigenvalue weighted by Gasteiger charge is -2.07. The SMILES string of the molecule is CCOc1cccc(C(=O)Nc2ccc3nn(-c4ccc(OC)c(Cl)c4)nc3c2)c1. The summed E-state index contributed by atoms with van der Waals surface area (Å²) in [5, 5.41) is 12.3. The van der Waals surface area contributed by atoms with Gasteiger partial charge < -0.3 is 14.8 Å². The molecule has 0 bridgehead atoms. The van der Waals surface area contributed by atoms with Crippen molar-refractivity contribution in [3.8, 4) is 17.2 Å². The highest BCUT2D eigenvalue weighted by atomic mass is 35.5. The van der Waals surface area contributed by atoms with E-state index in [9.17, 15) is 4.79 Å². The van der Waals surface area contributed by atoms with E-state index in [0.29, 0.717) is 51.1 Å². The largest absolute Gasteiger partial charge is 0.495 e. The van der Waals surface area contributed by atoms with E-state index in [4.69, 9.17) is 21.1 Å². The van der Waals surface area contributed by atoms with Crippen LogP contribution in [0.4, 0.5) is 5.69 Å². The Balaban J connectivity index is 1.57. The molecular formula is C22H19ClN4O3. The molecule has 30 heavy (non-hydrogen) atoms. The van der Waals surface area contributed by atoms with E-state index >= 15 is 0 Å². The Bertz CT molecular complexity index is 1220. The maximum absolute atomic E-state index is 12.6. The van der Waals surface area contributed by atoms with E-state index in [-0.39, 0.29) is 5.91 Å². The third-order valence-corrected chi connectivity index (χ3v) is 4.71. The van der Waals surface area contributed by atoms with Crippen LogP contribution in [0.5, 0.6) is 11.5 Å². The number of ether oxygens (including phenoxy) is 2. The van der Waals surface area contributed by atoms with Crippen molar-refractivity contribution >= 4 is 34.2 Å². The summed E-state index contributed by atoms with van der Waals surface area (Å²) in [5.74, 6) is 1.00.